The zero-order valence-electron chi connectivity index (χ0n) is 10.1. The van der Waals surface area contributed by atoms with E-state index in [1.54, 1.807) is 12.1 Å². The van der Waals surface area contributed by atoms with Crippen LogP contribution in [0.2, 0.25) is 5.02 Å². The number of halogens is 1. The third kappa shape index (κ3) is 4.75. The molecular weight excluding hydrogens is 236 g/mol. The maximum atomic E-state index is 10.9. The maximum Gasteiger partial charge on any atom is 0.248 e. The van der Waals surface area contributed by atoms with E-state index in [4.69, 9.17) is 17.3 Å². The second-order valence-electron chi connectivity index (χ2n) is 4.05. The second kappa shape index (κ2) is 7.30. The van der Waals surface area contributed by atoms with Crippen LogP contribution in [-0.2, 0) is 6.54 Å². The Hall–Kier alpha value is -1.06. The first-order valence-electron chi connectivity index (χ1n) is 5.94. The number of benzene rings is 1. The number of primary amides is 1. The highest BCUT2D eigenvalue weighted by molar-refractivity contribution is 6.31. The highest BCUT2D eigenvalue weighted by Gasteiger charge is 2.05. The van der Waals surface area contributed by atoms with E-state index in [0.717, 1.165) is 18.7 Å². The SMILES string of the molecule is CCCCCNCc1ccc(C(N)=O)cc1Cl. The molecule has 0 aliphatic rings. The molecule has 94 valence electrons. The van der Waals surface area contributed by atoms with E-state index in [9.17, 15) is 4.79 Å². The van der Waals surface area contributed by atoms with Crippen molar-refractivity contribution in [3.63, 3.8) is 0 Å². The van der Waals surface area contributed by atoms with E-state index in [1.165, 1.54) is 19.3 Å². The molecule has 3 nitrogen and oxygen atoms in total. The Bertz CT molecular complexity index is 380. The van der Waals surface area contributed by atoms with Crippen molar-refractivity contribution in [3.8, 4) is 0 Å². The zero-order valence-corrected chi connectivity index (χ0v) is 10.9. The monoisotopic (exact) mass is 254 g/mol. The number of hydrogen-bond donors (Lipinski definition) is 2. The molecule has 1 amide bonds. The summed E-state index contributed by atoms with van der Waals surface area (Å²) in [5, 5.41) is 3.91. The van der Waals surface area contributed by atoms with Crippen LogP contribution in [0, 0.1) is 0 Å². The molecule has 3 N–H and O–H groups in total. The van der Waals surface area contributed by atoms with E-state index in [-0.39, 0.29) is 0 Å². The molecule has 17 heavy (non-hydrogen) atoms. The topological polar surface area (TPSA) is 55.1 Å². The number of carbonyl (C=O) groups is 1. The number of unbranched alkanes of at least 4 members (excludes halogenated alkanes) is 2. The average Bonchev–Trinajstić information content (AvgIpc) is 2.30. The van der Waals surface area contributed by atoms with Crippen LogP contribution in [0.15, 0.2) is 18.2 Å². The molecule has 4 heteroatoms. The molecule has 0 aliphatic carbocycles. The van der Waals surface area contributed by atoms with E-state index >= 15 is 0 Å². The van der Waals surface area contributed by atoms with Gasteiger partial charge in [-0.15, -0.1) is 0 Å². The van der Waals surface area contributed by atoms with Gasteiger partial charge in [0.15, 0.2) is 0 Å². The number of nitrogens with two attached hydrogens (primary N) is 1. The van der Waals surface area contributed by atoms with E-state index in [2.05, 4.69) is 12.2 Å². The Morgan fingerprint density at radius 2 is 2.18 bits per heavy atom. The third-order valence-corrected chi connectivity index (χ3v) is 2.96. The second-order valence-corrected chi connectivity index (χ2v) is 4.46. The molecule has 0 unspecified atom stereocenters. The lowest BCUT2D eigenvalue weighted by atomic mass is 10.1. The van der Waals surface area contributed by atoms with E-state index in [0.29, 0.717) is 10.6 Å². The maximum absolute atomic E-state index is 10.9. The van der Waals surface area contributed by atoms with Gasteiger partial charge in [0, 0.05) is 17.1 Å². The van der Waals surface area contributed by atoms with Crippen molar-refractivity contribution in [3.05, 3.63) is 34.3 Å². The van der Waals surface area contributed by atoms with Gasteiger partial charge in [0.1, 0.15) is 0 Å². The minimum absolute atomic E-state index is 0.449. The highest BCUT2D eigenvalue weighted by atomic mass is 35.5. The number of nitrogens with one attached hydrogen (secondary N) is 1. The van der Waals surface area contributed by atoms with Crippen LogP contribution >= 0.6 is 11.6 Å². The predicted molar refractivity (Wildman–Crippen MR) is 71.2 cm³/mol. The number of amides is 1. The van der Waals surface area contributed by atoms with Crippen molar-refractivity contribution in [2.75, 3.05) is 6.54 Å². The molecule has 0 heterocycles. The molecule has 0 aromatic heterocycles. The molecule has 0 atom stereocenters. The summed E-state index contributed by atoms with van der Waals surface area (Å²) < 4.78 is 0. The van der Waals surface area contributed by atoms with Gasteiger partial charge in [-0.3, -0.25) is 4.79 Å². The predicted octanol–water partition coefficient (Wildman–Crippen LogP) is 2.72. The van der Waals surface area contributed by atoms with Gasteiger partial charge in [-0.25, -0.2) is 0 Å². The van der Waals surface area contributed by atoms with Crippen molar-refractivity contribution in [2.45, 2.75) is 32.7 Å². The fraction of sp³-hybridized carbons (Fsp3) is 0.462. The van der Waals surface area contributed by atoms with Gasteiger partial charge >= 0.3 is 0 Å². The summed E-state index contributed by atoms with van der Waals surface area (Å²) in [6, 6.07) is 5.17. The number of hydrogen-bond acceptors (Lipinski definition) is 2. The first-order chi connectivity index (χ1) is 8.15. The summed E-state index contributed by atoms with van der Waals surface area (Å²) in [5.41, 5.74) is 6.62. The lowest BCUT2D eigenvalue weighted by Gasteiger charge is -2.07. The molecule has 1 rings (SSSR count). The first kappa shape index (κ1) is 14.0. The van der Waals surface area contributed by atoms with Crippen LogP contribution in [-0.4, -0.2) is 12.5 Å². The van der Waals surface area contributed by atoms with Crippen molar-refractivity contribution in [1.29, 1.82) is 0 Å². The Morgan fingerprint density at radius 3 is 2.76 bits per heavy atom. The lowest BCUT2D eigenvalue weighted by Crippen LogP contribution is -2.15. The zero-order chi connectivity index (χ0) is 12.7. The molecule has 0 bridgehead atoms. The van der Waals surface area contributed by atoms with Gasteiger partial charge in [0.25, 0.3) is 0 Å². The smallest absolute Gasteiger partial charge is 0.248 e. The molecule has 1 aromatic rings. The largest absolute Gasteiger partial charge is 0.366 e. The van der Waals surface area contributed by atoms with Gasteiger partial charge in [0.05, 0.1) is 0 Å². The van der Waals surface area contributed by atoms with Crippen molar-refractivity contribution < 1.29 is 4.79 Å². The van der Waals surface area contributed by atoms with Gasteiger partial charge in [0.2, 0.25) is 5.91 Å². The van der Waals surface area contributed by atoms with Gasteiger partial charge in [-0.05, 0) is 30.7 Å². The minimum atomic E-state index is -0.450. The van der Waals surface area contributed by atoms with Crippen LogP contribution in [0.1, 0.15) is 42.1 Å². The van der Waals surface area contributed by atoms with Crippen LogP contribution in [0.4, 0.5) is 0 Å². The fourth-order valence-electron chi connectivity index (χ4n) is 1.57. The molecule has 1 aromatic carbocycles. The average molecular weight is 255 g/mol. The van der Waals surface area contributed by atoms with Crippen LogP contribution in [0.5, 0.6) is 0 Å². The normalized spacial score (nSPS) is 10.5. The molecule has 0 spiro atoms. The van der Waals surface area contributed by atoms with E-state index < -0.39 is 5.91 Å². The quantitative estimate of drug-likeness (QED) is 0.735. The Kier molecular flexibility index (Phi) is 6.01. The summed E-state index contributed by atoms with van der Waals surface area (Å²) in [7, 11) is 0. The molecular formula is C13H19ClN2O. The fourth-order valence-corrected chi connectivity index (χ4v) is 1.81. The number of rotatable bonds is 7. The Balaban J connectivity index is 2.46. The van der Waals surface area contributed by atoms with Crippen molar-refractivity contribution in [2.24, 2.45) is 5.73 Å². The standard InChI is InChI=1S/C13H19ClN2O/c1-2-3-4-7-16-9-11-6-5-10(13(15)17)8-12(11)14/h5-6,8,16H,2-4,7,9H2,1H3,(H2,15,17). The van der Waals surface area contributed by atoms with Gasteiger partial charge in [-0.2, -0.15) is 0 Å². The van der Waals surface area contributed by atoms with Gasteiger partial charge < -0.3 is 11.1 Å². The van der Waals surface area contributed by atoms with Crippen molar-refractivity contribution >= 4 is 17.5 Å². The summed E-state index contributed by atoms with van der Waals surface area (Å²) in [6.07, 6.45) is 3.63. The van der Waals surface area contributed by atoms with Gasteiger partial charge in [-0.1, -0.05) is 37.4 Å². The van der Waals surface area contributed by atoms with Crippen LogP contribution in [0.25, 0.3) is 0 Å². The number of carbonyl (C=O) groups excluding carboxylic acids is 1. The third-order valence-electron chi connectivity index (χ3n) is 2.61. The highest BCUT2D eigenvalue weighted by Crippen LogP contribution is 2.17. The van der Waals surface area contributed by atoms with E-state index in [1.807, 2.05) is 6.07 Å². The molecule has 0 saturated carbocycles. The van der Waals surface area contributed by atoms with Crippen molar-refractivity contribution in [1.82, 2.24) is 5.32 Å². The lowest BCUT2D eigenvalue weighted by molar-refractivity contribution is 0.100. The first-order valence-corrected chi connectivity index (χ1v) is 6.32. The Labute approximate surface area is 107 Å². The molecule has 0 aliphatic heterocycles. The molecule has 0 radical (unpaired) electrons. The molecule has 0 fully saturated rings. The Morgan fingerprint density at radius 1 is 1.41 bits per heavy atom. The molecule has 0 saturated heterocycles. The summed E-state index contributed by atoms with van der Waals surface area (Å²) in [6.45, 7) is 3.89. The minimum Gasteiger partial charge on any atom is -0.366 e. The summed E-state index contributed by atoms with van der Waals surface area (Å²) >= 11 is 6.07. The van der Waals surface area contributed by atoms with Crippen LogP contribution < -0.4 is 11.1 Å². The summed E-state index contributed by atoms with van der Waals surface area (Å²) in [5.74, 6) is -0.450. The summed E-state index contributed by atoms with van der Waals surface area (Å²) in [4.78, 5) is 10.9. The van der Waals surface area contributed by atoms with Crippen LogP contribution in [0.3, 0.4) is 0 Å².